The van der Waals surface area contributed by atoms with Gasteiger partial charge in [0.1, 0.15) is 16.2 Å². The van der Waals surface area contributed by atoms with E-state index in [9.17, 15) is 0 Å². The zero-order chi connectivity index (χ0) is 12.5. The maximum Gasteiger partial charge on any atom is 0.128 e. The summed E-state index contributed by atoms with van der Waals surface area (Å²) in [5, 5.41) is 2.57. The number of aromatic nitrogens is 2. The number of nitrogens with zero attached hydrogens (tertiary/aromatic N) is 2. The van der Waals surface area contributed by atoms with E-state index < -0.39 is 0 Å². The highest BCUT2D eigenvalue weighted by atomic mass is 32.2. The summed E-state index contributed by atoms with van der Waals surface area (Å²) in [4.78, 5) is 11.7. The predicted octanol–water partition coefficient (Wildman–Crippen LogP) is 4.32. The minimum atomic E-state index is 0.824. The number of aryl methyl sites for hydroxylation is 1. The van der Waals surface area contributed by atoms with E-state index in [4.69, 9.17) is 0 Å². The molecule has 0 N–H and O–H groups in total. The number of thioether (sulfide) groups is 1. The highest BCUT2D eigenvalue weighted by Crippen LogP contribution is 2.40. The molecule has 1 aliphatic rings. The van der Waals surface area contributed by atoms with Gasteiger partial charge in [-0.05, 0) is 42.9 Å². The molecule has 0 aromatic carbocycles. The molecular weight excluding hydrogens is 260 g/mol. The monoisotopic (exact) mass is 278 g/mol. The van der Waals surface area contributed by atoms with Crippen molar-refractivity contribution in [2.75, 3.05) is 5.75 Å². The minimum absolute atomic E-state index is 0.824. The number of rotatable bonds is 3. The molecule has 0 radical (unpaired) electrons. The van der Waals surface area contributed by atoms with Gasteiger partial charge in [0, 0.05) is 10.3 Å². The Labute approximate surface area is 116 Å². The predicted molar refractivity (Wildman–Crippen MR) is 79.6 cm³/mol. The Kier molecular flexibility index (Phi) is 3.57. The van der Waals surface area contributed by atoms with Gasteiger partial charge in [-0.15, -0.1) is 23.1 Å². The van der Waals surface area contributed by atoms with E-state index in [-0.39, 0.29) is 0 Å². The molecule has 2 aromatic heterocycles. The Morgan fingerprint density at radius 3 is 3.17 bits per heavy atom. The summed E-state index contributed by atoms with van der Waals surface area (Å²) in [7, 11) is 0. The summed E-state index contributed by atoms with van der Waals surface area (Å²) in [6.45, 7) is 4.57. The first-order chi connectivity index (χ1) is 8.79. The van der Waals surface area contributed by atoms with E-state index in [2.05, 4.69) is 23.8 Å². The third kappa shape index (κ3) is 2.16. The number of hydrogen-bond acceptors (Lipinski definition) is 4. The van der Waals surface area contributed by atoms with Crippen LogP contribution in [-0.2, 0) is 12.8 Å². The summed E-state index contributed by atoms with van der Waals surface area (Å²) >= 11 is 3.77. The molecule has 2 nitrogen and oxygen atoms in total. The zero-order valence-electron chi connectivity index (χ0n) is 10.9. The standard InChI is InChI=1S/C14H18N2S2/c1-3-6-17-13-12-10-5-4-9(2)7-11(10)18-14(12)16-8-15-13/h8-9H,3-7H2,1-2H3/t9-/m1/s1. The fraction of sp³-hybridized carbons (Fsp3) is 0.571. The molecule has 0 amide bonds. The Balaban J connectivity index is 2.09. The van der Waals surface area contributed by atoms with Gasteiger partial charge in [-0.2, -0.15) is 0 Å². The molecule has 4 heteroatoms. The van der Waals surface area contributed by atoms with E-state index in [0.717, 1.165) is 11.7 Å². The quantitative estimate of drug-likeness (QED) is 0.618. The van der Waals surface area contributed by atoms with Crippen LogP contribution in [0.1, 0.15) is 37.1 Å². The van der Waals surface area contributed by atoms with Crippen LogP contribution < -0.4 is 0 Å². The summed E-state index contributed by atoms with van der Waals surface area (Å²) in [6, 6.07) is 0. The first-order valence-corrected chi connectivity index (χ1v) is 8.47. The maximum atomic E-state index is 4.50. The first-order valence-electron chi connectivity index (χ1n) is 6.67. The van der Waals surface area contributed by atoms with Gasteiger partial charge < -0.3 is 0 Å². The Bertz CT molecular complexity index is 562. The molecule has 0 bridgehead atoms. The van der Waals surface area contributed by atoms with Gasteiger partial charge in [0.15, 0.2) is 0 Å². The van der Waals surface area contributed by atoms with Gasteiger partial charge in [0.05, 0.1) is 0 Å². The second-order valence-electron chi connectivity index (χ2n) is 5.06. The topological polar surface area (TPSA) is 25.8 Å². The lowest BCUT2D eigenvalue weighted by atomic mass is 9.89. The van der Waals surface area contributed by atoms with E-state index in [0.29, 0.717) is 0 Å². The van der Waals surface area contributed by atoms with Crippen molar-refractivity contribution in [3.8, 4) is 0 Å². The van der Waals surface area contributed by atoms with Crippen LogP contribution in [-0.4, -0.2) is 15.7 Å². The molecule has 0 fully saturated rings. The third-order valence-corrected chi connectivity index (χ3v) is 5.86. The molecule has 2 aromatic rings. The third-order valence-electron chi connectivity index (χ3n) is 3.50. The second-order valence-corrected chi connectivity index (χ2v) is 7.23. The van der Waals surface area contributed by atoms with Gasteiger partial charge in [0.25, 0.3) is 0 Å². The summed E-state index contributed by atoms with van der Waals surface area (Å²) in [5.74, 6) is 1.97. The van der Waals surface area contributed by atoms with Gasteiger partial charge in [-0.1, -0.05) is 13.8 Å². The van der Waals surface area contributed by atoms with E-state index >= 15 is 0 Å². The van der Waals surface area contributed by atoms with Crippen LogP contribution in [0.2, 0.25) is 0 Å². The lowest BCUT2D eigenvalue weighted by Gasteiger charge is -2.18. The molecule has 0 aliphatic heterocycles. The van der Waals surface area contributed by atoms with Crippen molar-refractivity contribution in [2.45, 2.75) is 44.6 Å². The summed E-state index contributed by atoms with van der Waals surface area (Å²) < 4.78 is 0. The Morgan fingerprint density at radius 2 is 2.33 bits per heavy atom. The Hall–Kier alpha value is -0.610. The van der Waals surface area contributed by atoms with Crippen molar-refractivity contribution >= 4 is 33.3 Å². The van der Waals surface area contributed by atoms with Crippen molar-refractivity contribution in [3.05, 3.63) is 16.8 Å². The second kappa shape index (κ2) is 5.17. The van der Waals surface area contributed by atoms with Crippen LogP contribution in [0.4, 0.5) is 0 Å². The first kappa shape index (κ1) is 12.4. The van der Waals surface area contributed by atoms with Crippen LogP contribution in [0.15, 0.2) is 11.4 Å². The SMILES string of the molecule is CCCSc1ncnc2sc3c(c12)CC[C@@H](C)C3. The maximum absolute atomic E-state index is 4.50. The van der Waals surface area contributed by atoms with Crippen molar-refractivity contribution < 1.29 is 0 Å². The van der Waals surface area contributed by atoms with Crippen LogP contribution in [0.5, 0.6) is 0 Å². The van der Waals surface area contributed by atoms with Crippen molar-refractivity contribution in [2.24, 2.45) is 5.92 Å². The molecule has 1 atom stereocenters. The average Bonchev–Trinajstić information content (AvgIpc) is 2.73. The van der Waals surface area contributed by atoms with Crippen LogP contribution in [0, 0.1) is 5.92 Å². The molecule has 18 heavy (non-hydrogen) atoms. The molecule has 0 unspecified atom stereocenters. The number of thiophene rings is 1. The fourth-order valence-corrected chi connectivity index (χ4v) is 4.85. The lowest BCUT2D eigenvalue weighted by Crippen LogP contribution is -2.08. The van der Waals surface area contributed by atoms with Crippen molar-refractivity contribution in [1.29, 1.82) is 0 Å². The van der Waals surface area contributed by atoms with Crippen LogP contribution in [0.25, 0.3) is 10.2 Å². The summed E-state index contributed by atoms with van der Waals surface area (Å²) in [5.41, 5.74) is 1.55. The fourth-order valence-electron chi connectivity index (χ4n) is 2.55. The molecule has 1 aliphatic carbocycles. The highest BCUT2D eigenvalue weighted by Gasteiger charge is 2.22. The molecule has 3 rings (SSSR count). The highest BCUT2D eigenvalue weighted by molar-refractivity contribution is 7.99. The van der Waals surface area contributed by atoms with E-state index in [1.165, 1.54) is 40.9 Å². The van der Waals surface area contributed by atoms with Gasteiger partial charge in [-0.3, -0.25) is 0 Å². The largest absolute Gasteiger partial charge is 0.229 e. The Morgan fingerprint density at radius 1 is 1.44 bits per heavy atom. The molecule has 0 saturated carbocycles. The smallest absolute Gasteiger partial charge is 0.128 e. The van der Waals surface area contributed by atoms with Gasteiger partial charge in [0.2, 0.25) is 0 Å². The number of hydrogen-bond donors (Lipinski definition) is 0. The van der Waals surface area contributed by atoms with Crippen molar-refractivity contribution in [3.63, 3.8) is 0 Å². The zero-order valence-corrected chi connectivity index (χ0v) is 12.5. The molecule has 0 spiro atoms. The minimum Gasteiger partial charge on any atom is -0.229 e. The molecule has 96 valence electrons. The molecule has 2 heterocycles. The van der Waals surface area contributed by atoms with Crippen LogP contribution >= 0.6 is 23.1 Å². The van der Waals surface area contributed by atoms with E-state index in [1.54, 1.807) is 16.8 Å². The van der Waals surface area contributed by atoms with Crippen LogP contribution in [0.3, 0.4) is 0 Å². The normalized spacial score (nSPS) is 19.1. The molecular formula is C14H18N2S2. The van der Waals surface area contributed by atoms with Crippen molar-refractivity contribution in [1.82, 2.24) is 9.97 Å². The molecule has 0 saturated heterocycles. The van der Waals surface area contributed by atoms with E-state index in [1.807, 2.05) is 23.1 Å². The summed E-state index contributed by atoms with van der Waals surface area (Å²) in [6.07, 6.45) is 6.68. The van der Waals surface area contributed by atoms with Gasteiger partial charge >= 0.3 is 0 Å². The lowest BCUT2D eigenvalue weighted by molar-refractivity contribution is 0.509. The van der Waals surface area contributed by atoms with Gasteiger partial charge in [-0.25, -0.2) is 9.97 Å². The average molecular weight is 278 g/mol. The number of fused-ring (bicyclic) bond motifs is 3.